The molecule has 2 aromatic carbocycles. The van der Waals surface area contributed by atoms with Crippen molar-refractivity contribution >= 4 is 10.0 Å². The standard InChI is InChI=1S/C26H37NO3S/c1-8-27(5)19-26(25-15-10-20(3)16-21(25)4)29-18-23(30-26)17-28-22-11-13-24(14-12-22)31(6,7)9-2/h8,10-16,23H,1,9,17-19H2,2-7H3. The fraction of sp³-hybridized carbons (Fsp3) is 0.462. The lowest BCUT2D eigenvalue weighted by atomic mass is 9.97. The van der Waals surface area contributed by atoms with E-state index in [9.17, 15) is 0 Å². The summed E-state index contributed by atoms with van der Waals surface area (Å²) in [6, 6.07) is 14.9. The predicted molar refractivity (Wildman–Crippen MR) is 131 cm³/mol. The van der Waals surface area contributed by atoms with E-state index in [1.807, 2.05) is 11.9 Å². The van der Waals surface area contributed by atoms with Gasteiger partial charge in [-0.15, -0.1) is 0 Å². The molecule has 2 aromatic rings. The van der Waals surface area contributed by atoms with Crippen LogP contribution in [-0.4, -0.2) is 56.1 Å². The molecule has 0 N–H and O–H groups in total. The fourth-order valence-corrected chi connectivity index (χ4v) is 5.06. The minimum atomic E-state index is -0.826. The van der Waals surface area contributed by atoms with Gasteiger partial charge in [0, 0.05) is 12.6 Å². The lowest BCUT2D eigenvalue weighted by Crippen LogP contribution is -2.40. The normalized spacial score (nSPS) is 21.7. The highest BCUT2D eigenvalue weighted by Crippen LogP contribution is 2.48. The van der Waals surface area contributed by atoms with E-state index in [1.54, 1.807) is 6.20 Å². The quantitative estimate of drug-likeness (QED) is 0.514. The van der Waals surface area contributed by atoms with E-state index in [1.165, 1.54) is 16.2 Å². The molecule has 5 heteroatoms. The summed E-state index contributed by atoms with van der Waals surface area (Å²) in [6.07, 6.45) is 6.35. The summed E-state index contributed by atoms with van der Waals surface area (Å²) in [7, 11) is 1.26. The number of aryl methyl sites for hydroxylation is 2. The minimum Gasteiger partial charge on any atom is -0.491 e. The Morgan fingerprint density at radius 3 is 2.52 bits per heavy atom. The van der Waals surface area contributed by atoms with Crippen molar-refractivity contribution in [2.45, 2.75) is 37.6 Å². The topological polar surface area (TPSA) is 30.9 Å². The van der Waals surface area contributed by atoms with Crippen LogP contribution in [0, 0.1) is 13.8 Å². The zero-order valence-electron chi connectivity index (χ0n) is 19.8. The number of likely N-dealkylation sites (N-methyl/N-ethyl adjacent to an activating group) is 1. The van der Waals surface area contributed by atoms with Crippen LogP contribution in [0.5, 0.6) is 5.75 Å². The number of rotatable bonds is 9. The molecule has 170 valence electrons. The van der Waals surface area contributed by atoms with Crippen molar-refractivity contribution in [2.75, 3.05) is 45.1 Å². The van der Waals surface area contributed by atoms with Gasteiger partial charge in [0.25, 0.3) is 0 Å². The van der Waals surface area contributed by atoms with E-state index < -0.39 is 15.8 Å². The molecular formula is C26H37NO3S. The largest absolute Gasteiger partial charge is 0.491 e. The molecule has 31 heavy (non-hydrogen) atoms. The van der Waals surface area contributed by atoms with Crippen LogP contribution in [0.4, 0.5) is 0 Å². The zero-order valence-corrected chi connectivity index (χ0v) is 20.6. The number of hydrogen-bond acceptors (Lipinski definition) is 4. The van der Waals surface area contributed by atoms with Crippen LogP contribution < -0.4 is 4.74 Å². The third-order valence-corrected chi connectivity index (χ3v) is 9.03. The highest BCUT2D eigenvalue weighted by atomic mass is 32.3. The smallest absolute Gasteiger partial charge is 0.213 e. The number of ether oxygens (including phenoxy) is 3. The van der Waals surface area contributed by atoms with Gasteiger partial charge in [-0.25, -0.2) is 10.0 Å². The average molecular weight is 444 g/mol. The number of benzene rings is 2. The Morgan fingerprint density at radius 1 is 1.19 bits per heavy atom. The Morgan fingerprint density at radius 2 is 1.90 bits per heavy atom. The van der Waals surface area contributed by atoms with Gasteiger partial charge in [0.1, 0.15) is 18.5 Å². The Labute approximate surface area is 189 Å². The molecule has 1 fully saturated rings. The SMILES string of the molecule is C=CN(C)CC1(c2ccc(C)cc2C)OCC(COc2ccc(S(C)(C)CC)cc2)O1. The van der Waals surface area contributed by atoms with Crippen molar-refractivity contribution in [2.24, 2.45) is 0 Å². The lowest BCUT2D eigenvalue weighted by molar-refractivity contribution is -0.186. The first-order valence-electron chi connectivity index (χ1n) is 10.9. The predicted octanol–water partition coefficient (Wildman–Crippen LogP) is 5.47. The molecule has 1 aliphatic rings. The summed E-state index contributed by atoms with van der Waals surface area (Å²) in [5.74, 6) is 1.22. The molecule has 1 saturated heterocycles. The first kappa shape index (κ1) is 23.7. The van der Waals surface area contributed by atoms with Crippen LogP contribution in [0.1, 0.15) is 23.6 Å². The fourth-order valence-electron chi connectivity index (χ4n) is 3.85. The van der Waals surface area contributed by atoms with Crippen LogP contribution in [0.25, 0.3) is 0 Å². The molecule has 0 bridgehead atoms. The Bertz CT molecular complexity index is 896. The van der Waals surface area contributed by atoms with Crippen molar-refractivity contribution in [3.8, 4) is 5.75 Å². The highest BCUT2D eigenvalue weighted by Gasteiger charge is 2.45. The third-order valence-electron chi connectivity index (χ3n) is 6.04. The number of nitrogens with zero attached hydrogens (tertiary/aromatic N) is 1. The monoisotopic (exact) mass is 443 g/mol. The summed E-state index contributed by atoms with van der Waals surface area (Å²) in [5.41, 5.74) is 3.45. The molecule has 2 atom stereocenters. The molecule has 0 aromatic heterocycles. The maximum atomic E-state index is 6.51. The van der Waals surface area contributed by atoms with Crippen molar-refractivity contribution < 1.29 is 14.2 Å². The molecule has 2 unspecified atom stereocenters. The molecule has 0 spiro atoms. The van der Waals surface area contributed by atoms with Crippen LogP contribution >= 0.6 is 10.0 Å². The van der Waals surface area contributed by atoms with Gasteiger partial charge in [-0.2, -0.15) is 0 Å². The van der Waals surface area contributed by atoms with Crippen molar-refractivity contribution in [1.29, 1.82) is 0 Å². The van der Waals surface area contributed by atoms with E-state index >= 15 is 0 Å². The summed E-state index contributed by atoms with van der Waals surface area (Å²) in [6.45, 7) is 11.9. The Balaban J connectivity index is 1.71. The van der Waals surface area contributed by atoms with Gasteiger partial charge in [0.15, 0.2) is 0 Å². The third kappa shape index (κ3) is 5.46. The van der Waals surface area contributed by atoms with Gasteiger partial charge >= 0.3 is 0 Å². The van der Waals surface area contributed by atoms with E-state index in [4.69, 9.17) is 14.2 Å². The van der Waals surface area contributed by atoms with Crippen LogP contribution in [-0.2, 0) is 15.3 Å². The van der Waals surface area contributed by atoms with Gasteiger partial charge in [-0.1, -0.05) is 37.3 Å². The van der Waals surface area contributed by atoms with E-state index in [0.717, 1.165) is 16.9 Å². The van der Waals surface area contributed by atoms with Crippen LogP contribution in [0.15, 0.2) is 60.1 Å². The molecular weight excluding hydrogens is 406 g/mol. The maximum absolute atomic E-state index is 6.51. The summed E-state index contributed by atoms with van der Waals surface area (Å²) < 4.78 is 18.9. The van der Waals surface area contributed by atoms with Crippen LogP contribution in [0.2, 0.25) is 0 Å². The molecule has 4 nitrogen and oxygen atoms in total. The van der Waals surface area contributed by atoms with Gasteiger partial charge in [-0.05, 0) is 73.0 Å². The van der Waals surface area contributed by atoms with E-state index in [-0.39, 0.29) is 6.10 Å². The molecule has 0 saturated carbocycles. The first-order chi connectivity index (χ1) is 14.7. The second-order valence-electron chi connectivity index (χ2n) is 8.83. The van der Waals surface area contributed by atoms with E-state index in [0.29, 0.717) is 19.8 Å². The summed E-state index contributed by atoms with van der Waals surface area (Å²) in [5, 5.41) is 0. The van der Waals surface area contributed by atoms with Crippen LogP contribution in [0.3, 0.4) is 0 Å². The molecule has 0 aliphatic carbocycles. The van der Waals surface area contributed by atoms with Crippen molar-refractivity contribution in [3.05, 3.63) is 71.9 Å². The molecule has 0 radical (unpaired) electrons. The Hall–Kier alpha value is -1.95. The lowest BCUT2D eigenvalue weighted by Gasteiger charge is -2.33. The molecule has 1 heterocycles. The summed E-state index contributed by atoms with van der Waals surface area (Å²) >= 11 is 0. The zero-order chi connectivity index (χ0) is 22.6. The van der Waals surface area contributed by atoms with Crippen molar-refractivity contribution in [1.82, 2.24) is 4.90 Å². The average Bonchev–Trinajstić information content (AvgIpc) is 3.16. The second-order valence-corrected chi connectivity index (χ2v) is 13.0. The number of hydrogen-bond donors (Lipinski definition) is 0. The van der Waals surface area contributed by atoms with Gasteiger partial charge in [0.2, 0.25) is 5.79 Å². The summed E-state index contributed by atoms with van der Waals surface area (Å²) in [4.78, 5) is 3.41. The Kier molecular flexibility index (Phi) is 7.40. The maximum Gasteiger partial charge on any atom is 0.213 e. The van der Waals surface area contributed by atoms with Gasteiger partial charge in [0.05, 0.1) is 13.2 Å². The van der Waals surface area contributed by atoms with Gasteiger partial charge < -0.3 is 19.1 Å². The van der Waals surface area contributed by atoms with Gasteiger partial charge in [-0.3, -0.25) is 0 Å². The highest BCUT2D eigenvalue weighted by molar-refractivity contribution is 8.32. The van der Waals surface area contributed by atoms with Crippen molar-refractivity contribution in [3.63, 3.8) is 0 Å². The molecule has 3 rings (SSSR count). The molecule has 1 aliphatic heterocycles. The minimum absolute atomic E-state index is 0.142. The first-order valence-corrected chi connectivity index (χ1v) is 13.5. The second kappa shape index (κ2) is 9.68. The molecule has 0 amide bonds. The van der Waals surface area contributed by atoms with E-state index in [2.05, 4.69) is 82.3 Å².